The van der Waals surface area contributed by atoms with Crippen LogP contribution in [0.3, 0.4) is 0 Å². The van der Waals surface area contributed by atoms with Gasteiger partial charge in [0.15, 0.2) is 0 Å². The Morgan fingerprint density at radius 3 is 1.31 bits per heavy atom. The van der Waals surface area contributed by atoms with E-state index in [1.807, 2.05) is 72.8 Å². The van der Waals surface area contributed by atoms with Gasteiger partial charge in [-0.25, -0.2) is 9.59 Å². The number of hydrogen-bond donors (Lipinski definition) is 2. The summed E-state index contributed by atoms with van der Waals surface area (Å²) in [6.07, 6.45) is 0. The van der Waals surface area contributed by atoms with Crippen molar-refractivity contribution >= 4 is 34.7 Å². The summed E-state index contributed by atoms with van der Waals surface area (Å²) in [4.78, 5) is 23.9. The van der Waals surface area contributed by atoms with E-state index < -0.39 is 0 Å². The number of anilines is 4. The molecule has 0 saturated heterocycles. The molecule has 6 nitrogen and oxygen atoms in total. The zero-order chi connectivity index (χ0) is 25.3. The molecule has 0 heterocycles. The third-order valence-corrected chi connectivity index (χ3v) is 5.43. The van der Waals surface area contributed by atoms with Crippen LogP contribution in [-0.4, -0.2) is 25.2 Å². The molecule has 0 saturated carbocycles. The molecule has 4 aromatic carbocycles. The fourth-order valence-electron chi connectivity index (χ4n) is 3.70. The van der Waals surface area contributed by atoms with Crippen LogP contribution in [0.4, 0.5) is 22.7 Å². The third-order valence-electron chi connectivity index (χ3n) is 5.43. The van der Waals surface area contributed by atoms with Gasteiger partial charge in [0.05, 0.1) is 24.3 Å². The summed E-state index contributed by atoms with van der Waals surface area (Å²) in [5.41, 5.74) is 6.65. The van der Waals surface area contributed by atoms with Gasteiger partial charge in [0.2, 0.25) is 0 Å². The zero-order valence-electron chi connectivity index (χ0n) is 20.3. The van der Waals surface area contributed by atoms with Crippen LogP contribution >= 0.6 is 0 Å². The maximum Gasteiger partial charge on any atom is 0.338 e. The molecule has 0 fully saturated rings. The molecule has 6 heteroatoms. The third kappa shape index (κ3) is 6.30. The molecule has 4 aromatic rings. The predicted octanol–water partition coefficient (Wildman–Crippen LogP) is 7.19. The van der Waals surface area contributed by atoms with E-state index in [4.69, 9.17) is 9.47 Å². The van der Waals surface area contributed by atoms with Crippen molar-refractivity contribution in [3.8, 4) is 11.1 Å². The Bertz CT molecular complexity index is 1230. The Balaban J connectivity index is 1.40. The SMILES string of the molecule is CCOC(=O)c1cccc(Nc2ccc(-c3ccc(Nc4cccc(C(=O)OCC)c4)cc3)cc2)c1. The first-order chi connectivity index (χ1) is 17.6. The van der Waals surface area contributed by atoms with Crippen LogP contribution in [-0.2, 0) is 9.47 Å². The molecule has 0 radical (unpaired) electrons. The van der Waals surface area contributed by atoms with Crippen LogP contribution in [0.2, 0.25) is 0 Å². The van der Waals surface area contributed by atoms with Crippen molar-refractivity contribution < 1.29 is 19.1 Å². The summed E-state index contributed by atoms with van der Waals surface area (Å²) in [5.74, 6) is -0.665. The smallest absolute Gasteiger partial charge is 0.338 e. The van der Waals surface area contributed by atoms with Gasteiger partial charge < -0.3 is 20.1 Å². The first-order valence-electron chi connectivity index (χ1n) is 11.8. The molecule has 4 rings (SSSR count). The van der Waals surface area contributed by atoms with E-state index in [1.54, 1.807) is 38.1 Å². The van der Waals surface area contributed by atoms with Gasteiger partial charge in [-0.15, -0.1) is 0 Å². The second kappa shape index (κ2) is 11.7. The van der Waals surface area contributed by atoms with Crippen LogP contribution in [0, 0.1) is 0 Å². The standard InChI is InChI=1S/C30H28N2O4/c1-3-35-29(33)23-7-5-9-27(19-23)31-25-15-11-21(12-16-25)22-13-17-26(18-14-22)32-28-10-6-8-24(20-28)30(34)36-4-2/h5-20,31-32H,3-4H2,1-2H3. The van der Waals surface area contributed by atoms with Gasteiger partial charge in [0, 0.05) is 22.7 Å². The topological polar surface area (TPSA) is 76.7 Å². The van der Waals surface area contributed by atoms with Gasteiger partial charge in [-0.05, 0) is 85.6 Å². The number of carbonyl (C=O) groups excluding carboxylic acids is 2. The van der Waals surface area contributed by atoms with E-state index in [0.29, 0.717) is 24.3 Å². The Morgan fingerprint density at radius 1 is 0.556 bits per heavy atom. The lowest BCUT2D eigenvalue weighted by molar-refractivity contribution is 0.0517. The van der Waals surface area contributed by atoms with Crippen LogP contribution in [0.5, 0.6) is 0 Å². The molecule has 0 unspecified atom stereocenters. The van der Waals surface area contributed by atoms with E-state index >= 15 is 0 Å². The van der Waals surface area contributed by atoms with Crippen LogP contribution < -0.4 is 10.6 Å². The first kappa shape index (κ1) is 24.5. The number of carbonyl (C=O) groups is 2. The maximum atomic E-state index is 12.0. The van der Waals surface area contributed by atoms with Gasteiger partial charge in [-0.3, -0.25) is 0 Å². The van der Waals surface area contributed by atoms with Gasteiger partial charge >= 0.3 is 11.9 Å². The molecule has 0 aliphatic rings. The second-order valence-electron chi connectivity index (χ2n) is 8.01. The lowest BCUT2D eigenvalue weighted by atomic mass is 10.0. The van der Waals surface area contributed by atoms with Crippen molar-refractivity contribution in [3.05, 3.63) is 108 Å². The van der Waals surface area contributed by atoms with Gasteiger partial charge in [-0.2, -0.15) is 0 Å². The van der Waals surface area contributed by atoms with Crippen molar-refractivity contribution in [2.45, 2.75) is 13.8 Å². The normalized spacial score (nSPS) is 10.4. The van der Waals surface area contributed by atoms with Crippen molar-refractivity contribution in [2.75, 3.05) is 23.8 Å². The number of esters is 2. The lowest BCUT2D eigenvalue weighted by Gasteiger charge is -2.11. The van der Waals surface area contributed by atoms with E-state index in [0.717, 1.165) is 33.9 Å². The Kier molecular flexibility index (Phi) is 7.98. The quantitative estimate of drug-likeness (QED) is 0.247. The van der Waals surface area contributed by atoms with E-state index in [1.165, 1.54) is 0 Å². The minimum atomic E-state index is -0.332. The summed E-state index contributed by atoms with van der Waals surface area (Å²) in [7, 11) is 0. The van der Waals surface area contributed by atoms with Gasteiger partial charge in [0.1, 0.15) is 0 Å². The summed E-state index contributed by atoms with van der Waals surface area (Å²) in [6, 6.07) is 30.7. The highest BCUT2D eigenvalue weighted by Gasteiger charge is 2.08. The zero-order valence-corrected chi connectivity index (χ0v) is 20.3. The highest BCUT2D eigenvalue weighted by molar-refractivity contribution is 5.91. The van der Waals surface area contributed by atoms with E-state index in [9.17, 15) is 9.59 Å². The number of nitrogens with one attached hydrogen (secondary N) is 2. The number of benzene rings is 4. The van der Waals surface area contributed by atoms with Gasteiger partial charge in [0.25, 0.3) is 0 Å². The molecule has 0 aliphatic carbocycles. The predicted molar refractivity (Wildman–Crippen MR) is 143 cm³/mol. The number of hydrogen-bond acceptors (Lipinski definition) is 6. The number of ether oxygens (including phenoxy) is 2. The van der Waals surface area contributed by atoms with Gasteiger partial charge in [-0.1, -0.05) is 36.4 Å². The Labute approximate surface area is 210 Å². The first-order valence-corrected chi connectivity index (χ1v) is 11.8. The van der Waals surface area contributed by atoms with Crippen molar-refractivity contribution in [1.29, 1.82) is 0 Å². The van der Waals surface area contributed by atoms with Crippen LogP contribution in [0.25, 0.3) is 11.1 Å². The molecular formula is C30H28N2O4. The van der Waals surface area contributed by atoms with Crippen molar-refractivity contribution in [3.63, 3.8) is 0 Å². The fourth-order valence-corrected chi connectivity index (χ4v) is 3.70. The average molecular weight is 481 g/mol. The molecular weight excluding hydrogens is 452 g/mol. The summed E-state index contributed by atoms with van der Waals surface area (Å²) in [5, 5.41) is 6.65. The Hall–Kier alpha value is -4.58. The summed E-state index contributed by atoms with van der Waals surface area (Å²) < 4.78 is 10.1. The highest BCUT2D eigenvalue weighted by Crippen LogP contribution is 2.26. The van der Waals surface area contributed by atoms with Crippen LogP contribution in [0.15, 0.2) is 97.1 Å². The molecule has 0 amide bonds. The fraction of sp³-hybridized carbons (Fsp3) is 0.133. The minimum absolute atomic E-state index is 0.332. The highest BCUT2D eigenvalue weighted by atomic mass is 16.5. The van der Waals surface area contributed by atoms with Crippen molar-refractivity contribution in [1.82, 2.24) is 0 Å². The molecule has 182 valence electrons. The van der Waals surface area contributed by atoms with Crippen molar-refractivity contribution in [2.24, 2.45) is 0 Å². The molecule has 2 N–H and O–H groups in total. The van der Waals surface area contributed by atoms with Crippen LogP contribution in [0.1, 0.15) is 34.6 Å². The monoisotopic (exact) mass is 480 g/mol. The summed E-state index contributed by atoms with van der Waals surface area (Å²) in [6.45, 7) is 4.27. The molecule has 0 spiro atoms. The average Bonchev–Trinajstić information content (AvgIpc) is 2.90. The molecule has 0 aromatic heterocycles. The van der Waals surface area contributed by atoms with E-state index in [2.05, 4.69) is 10.6 Å². The molecule has 0 aliphatic heterocycles. The molecule has 36 heavy (non-hydrogen) atoms. The minimum Gasteiger partial charge on any atom is -0.462 e. The molecule has 0 atom stereocenters. The summed E-state index contributed by atoms with van der Waals surface area (Å²) >= 11 is 0. The largest absolute Gasteiger partial charge is 0.462 e. The lowest BCUT2D eigenvalue weighted by Crippen LogP contribution is -2.04. The Morgan fingerprint density at radius 2 is 0.944 bits per heavy atom. The molecule has 0 bridgehead atoms. The number of rotatable bonds is 9. The second-order valence-corrected chi connectivity index (χ2v) is 8.01. The van der Waals surface area contributed by atoms with E-state index in [-0.39, 0.29) is 11.9 Å². The maximum absolute atomic E-state index is 12.0.